The topological polar surface area (TPSA) is 54.4 Å². The fraction of sp³-hybridized carbons (Fsp3) is 0. The first-order valence-electron chi connectivity index (χ1n) is 2.95. The molecule has 0 fully saturated rings. The SMILES string of the molecule is O=S(=O)(O)c1ccccc1P=S. The second-order valence-corrected chi connectivity index (χ2v) is 4.64. The van der Waals surface area contributed by atoms with Gasteiger partial charge in [-0.2, -0.15) is 8.42 Å². The highest BCUT2D eigenvalue weighted by molar-refractivity contribution is 8.00. The molecule has 0 heterocycles. The van der Waals surface area contributed by atoms with Gasteiger partial charge in [-0.15, -0.1) is 0 Å². The molecule has 1 rings (SSSR count). The van der Waals surface area contributed by atoms with E-state index in [-0.39, 0.29) is 4.90 Å². The van der Waals surface area contributed by atoms with Crippen molar-refractivity contribution in [1.82, 2.24) is 0 Å². The molecule has 0 aromatic heterocycles. The molecule has 0 saturated heterocycles. The maximum Gasteiger partial charge on any atom is 0.295 e. The van der Waals surface area contributed by atoms with Crippen molar-refractivity contribution in [1.29, 1.82) is 0 Å². The fourth-order valence-electron chi connectivity index (χ4n) is 0.751. The summed E-state index contributed by atoms with van der Waals surface area (Å²) in [7, 11) is -3.71. The van der Waals surface area contributed by atoms with E-state index in [2.05, 4.69) is 11.8 Å². The summed E-state index contributed by atoms with van der Waals surface area (Å²) in [5.41, 5.74) is 0. The van der Waals surface area contributed by atoms with E-state index < -0.39 is 10.1 Å². The van der Waals surface area contributed by atoms with E-state index in [4.69, 9.17) is 4.55 Å². The van der Waals surface area contributed by atoms with E-state index in [1.807, 2.05) is 0 Å². The lowest BCUT2D eigenvalue weighted by Gasteiger charge is -1.98. The molecule has 0 unspecified atom stereocenters. The second-order valence-electron chi connectivity index (χ2n) is 2.03. The molecule has 12 heavy (non-hydrogen) atoms. The molecule has 0 bridgehead atoms. The zero-order chi connectivity index (χ0) is 9.19. The number of benzene rings is 1. The predicted molar refractivity (Wildman–Crippen MR) is 50.2 cm³/mol. The van der Waals surface area contributed by atoms with Gasteiger partial charge in [-0.3, -0.25) is 4.55 Å². The molecule has 0 radical (unpaired) electrons. The van der Waals surface area contributed by atoms with E-state index in [1.54, 1.807) is 12.1 Å². The van der Waals surface area contributed by atoms with Gasteiger partial charge in [0.1, 0.15) is 4.90 Å². The van der Waals surface area contributed by atoms with Gasteiger partial charge in [0.25, 0.3) is 10.1 Å². The molecule has 0 amide bonds. The third-order valence-corrected chi connectivity index (χ3v) is 3.48. The Morgan fingerprint density at radius 2 is 1.92 bits per heavy atom. The van der Waals surface area contributed by atoms with Crippen molar-refractivity contribution in [2.24, 2.45) is 0 Å². The maximum atomic E-state index is 10.7. The second kappa shape index (κ2) is 3.58. The molecule has 0 aliphatic rings. The third kappa shape index (κ3) is 2.08. The van der Waals surface area contributed by atoms with E-state index in [0.29, 0.717) is 12.7 Å². The van der Waals surface area contributed by atoms with Gasteiger partial charge in [0, 0.05) is 12.7 Å². The number of rotatable bonds is 2. The van der Waals surface area contributed by atoms with Crippen LogP contribution in [0.5, 0.6) is 0 Å². The summed E-state index contributed by atoms with van der Waals surface area (Å²) < 4.78 is 30.2. The molecular weight excluding hydrogens is 215 g/mol. The van der Waals surface area contributed by atoms with Crippen molar-refractivity contribution in [3.05, 3.63) is 24.3 Å². The quantitative estimate of drug-likeness (QED) is 0.596. The largest absolute Gasteiger partial charge is 0.295 e. The van der Waals surface area contributed by atoms with Crippen LogP contribution in [0.1, 0.15) is 0 Å². The first-order chi connectivity index (χ1) is 5.55. The van der Waals surface area contributed by atoms with E-state index in [1.165, 1.54) is 12.1 Å². The van der Waals surface area contributed by atoms with Gasteiger partial charge >= 0.3 is 0 Å². The minimum atomic E-state index is -4.12. The summed E-state index contributed by atoms with van der Waals surface area (Å²) >= 11 is 4.67. The fourth-order valence-corrected chi connectivity index (χ4v) is 2.78. The third-order valence-electron chi connectivity index (χ3n) is 1.24. The molecule has 1 N–H and O–H groups in total. The van der Waals surface area contributed by atoms with Crippen molar-refractivity contribution < 1.29 is 13.0 Å². The van der Waals surface area contributed by atoms with Crippen LogP contribution in [0.2, 0.25) is 0 Å². The molecular formula is C6H5O3PS2. The van der Waals surface area contributed by atoms with Gasteiger partial charge in [-0.05, 0) is 12.1 Å². The Morgan fingerprint density at radius 1 is 1.33 bits per heavy atom. The Bertz CT molecular complexity index is 399. The smallest absolute Gasteiger partial charge is 0.282 e. The minimum Gasteiger partial charge on any atom is -0.282 e. The normalized spacial score (nSPS) is 11.8. The van der Waals surface area contributed by atoms with Gasteiger partial charge in [0.05, 0.1) is 0 Å². The van der Waals surface area contributed by atoms with E-state index in [0.717, 1.165) is 0 Å². The van der Waals surface area contributed by atoms with Crippen LogP contribution in [0.25, 0.3) is 0 Å². The average molecular weight is 220 g/mol. The van der Waals surface area contributed by atoms with Crippen molar-refractivity contribution >= 4 is 34.6 Å². The van der Waals surface area contributed by atoms with Crippen molar-refractivity contribution in [2.75, 3.05) is 0 Å². The van der Waals surface area contributed by atoms with Crippen molar-refractivity contribution in [3.63, 3.8) is 0 Å². The number of hydrogen-bond acceptors (Lipinski definition) is 3. The Labute approximate surface area is 77.0 Å². The molecule has 0 atom stereocenters. The molecule has 0 aliphatic heterocycles. The van der Waals surface area contributed by atoms with Crippen LogP contribution >= 0.6 is 7.36 Å². The standard InChI is InChI=1S/C6H5O3PS2/c7-12(8,9)6-4-2-1-3-5(6)10-11/h1-4H,(H,7,8,9). The molecule has 6 heteroatoms. The highest BCUT2D eigenvalue weighted by Gasteiger charge is 2.12. The summed E-state index contributed by atoms with van der Waals surface area (Å²) in [5.74, 6) is 0. The summed E-state index contributed by atoms with van der Waals surface area (Å²) in [4.78, 5) is -0.110. The summed E-state index contributed by atoms with van der Waals surface area (Å²) in [5, 5.41) is 0.426. The predicted octanol–water partition coefficient (Wildman–Crippen LogP) is 0.967. The van der Waals surface area contributed by atoms with E-state index >= 15 is 0 Å². The Balaban J connectivity index is 3.43. The highest BCUT2D eigenvalue weighted by Crippen LogP contribution is 2.09. The Hall–Kier alpha value is -0.350. The van der Waals surface area contributed by atoms with Crippen LogP contribution in [0.4, 0.5) is 0 Å². The van der Waals surface area contributed by atoms with Crippen LogP contribution in [-0.4, -0.2) is 13.0 Å². The van der Waals surface area contributed by atoms with Crippen LogP contribution in [0.3, 0.4) is 0 Å². The van der Waals surface area contributed by atoms with Crippen LogP contribution in [0.15, 0.2) is 29.2 Å². The monoisotopic (exact) mass is 220 g/mol. The molecule has 0 aliphatic carbocycles. The molecule has 64 valence electrons. The maximum absolute atomic E-state index is 10.7. The lowest BCUT2D eigenvalue weighted by molar-refractivity contribution is 0.484. The van der Waals surface area contributed by atoms with Crippen molar-refractivity contribution in [2.45, 2.75) is 4.90 Å². The van der Waals surface area contributed by atoms with Gasteiger partial charge < -0.3 is 0 Å². The molecule has 1 aromatic rings. The summed E-state index contributed by atoms with van der Waals surface area (Å²) in [6.45, 7) is 0. The average Bonchev–Trinajstić information content (AvgIpc) is 2.03. The molecule has 3 nitrogen and oxygen atoms in total. The molecule has 0 saturated carbocycles. The lowest BCUT2D eigenvalue weighted by atomic mass is 10.4. The minimum absolute atomic E-state index is 0.110. The first kappa shape index (κ1) is 9.74. The van der Waals surface area contributed by atoms with Crippen LogP contribution in [-0.2, 0) is 21.9 Å². The van der Waals surface area contributed by atoms with Gasteiger partial charge in [0.2, 0.25) is 0 Å². The summed E-state index contributed by atoms with van der Waals surface area (Å²) in [6.07, 6.45) is 0. The summed E-state index contributed by atoms with van der Waals surface area (Å²) in [6, 6.07) is 6.10. The first-order valence-corrected chi connectivity index (χ1v) is 6.30. The van der Waals surface area contributed by atoms with Crippen LogP contribution < -0.4 is 5.30 Å². The Kier molecular flexibility index (Phi) is 2.90. The van der Waals surface area contributed by atoms with Gasteiger partial charge in [-0.1, -0.05) is 23.9 Å². The van der Waals surface area contributed by atoms with Gasteiger partial charge in [0.15, 0.2) is 0 Å². The van der Waals surface area contributed by atoms with Crippen molar-refractivity contribution in [3.8, 4) is 0 Å². The Morgan fingerprint density at radius 3 is 2.33 bits per heavy atom. The van der Waals surface area contributed by atoms with Gasteiger partial charge in [-0.25, -0.2) is 0 Å². The van der Waals surface area contributed by atoms with Crippen LogP contribution in [0, 0.1) is 0 Å². The number of hydrogen-bond donors (Lipinski definition) is 1. The highest BCUT2D eigenvalue weighted by atomic mass is 32.4. The zero-order valence-corrected chi connectivity index (χ0v) is 8.36. The lowest BCUT2D eigenvalue weighted by Crippen LogP contribution is -2.08. The zero-order valence-electron chi connectivity index (χ0n) is 5.84. The molecule has 1 aromatic carbocycles. The molecule has 0 spiro atoms. The van der Waals surface area contributed by atoms with E-state index in [9.17, 15) is 8.42 Å².